The first-order valence-corrected chi connectivity index (χ1v) is 11.7. The Morgan fingerprint density at radius 1 is 1.12 bits per heavy atom. The number of benzene rings is 2. The van der Waals surface area contributed by atoms with Crippen LogP contribution in [0.5, 0.6) is 5.75 Å². The quantitative estimate of drug-likeness (QED) is 0.573. The van der Waals surface area contributed by atoms with E-state index < -0.39 is 5.60 Å². The zero-order valence-corrected chi connectivity index (χ0v) is 19.1. The molecule has 6 rings (SSSR count). The van der Waals surface area contributed by atoms with Gasteiger partial charge in [0, 0.05) is 34.0 Å². The van der Waals surface area contributed by atoms with Crippen LogP contribution in [0.2, 0.25) is 0 Å². The predicted molar refractivity (Wildman–Crippen MR) is 125 cm³/mol. The van der Waals surface area contributed by atoms with Crippen molar-refractivity contribution in [3.05, 3.63) is 64.8 Å². The zero-order chi connectivity index (χ0) is 23.1. The molecule has 0 spiro atoms. The summed E-state index contributed by atoms with van der Waals surface area (Å²) in [7, 11) is 1.67. The number of fused-ring (bicyclic) bond motifs is 5. The Kier molecular flexibility index (Phi) is 4.16. The number of rotatable bonds is 2. The molecule has 0 radical (unpaired) electrons. The van der Waals surface area contributed by atoms with Crippen molar-refractivity contribution in [1.29, 1.82) is 0 Å². The Hall–Kier alpha value is -3.12. The molecule has 3 aliphatic rings. The molecule has 2 heterocycles. The molecule has 6 heteroatoms. The highest BCUT2D eigenvalue weighted by molar-refractivity contribution is 6.21. The number of aliphatic hydroxyl groups is 1. The molecule has 6 nitrogen and oxygen atoms in total. The van der Waals surface area contributed by atoms with Gasteiger partial charge in [-0.1, -0.05) is 26.0 Å². The lowest BCUT2D eigenvalue weighted by Gasteiger charge is -2.57. The van der Waals surface area contributed by atoms with Crippen LogP contribution in [-0.4, -0.2) is 45.6 Å². The fraction of sp³-hybridized carbons (Fsp3) is 0.407. The third kappa shape index (κ3) is 2.58. The van der Waals surface area contributed by atoms with Gasteiger partial charge < -0.3 is 14.8 Å². The third-order valence-corrected chi connectivity index (χ3v) is 8.67. The highest BCUT2D eigenvalue weighted by Crippen LogP contribution is 2.58. The molecular weight excluding hydrogens is 416 g/mol. The second kappa shape index (κ2) is 6.70. The number of methoxy groups -OCH3 is 1. The van der Waals surface area contributed by atoms with E-state index in [-0.39, 0.29) is 29.2 Å². The summed E-state index contributed by atoms with van der Waals surface area (Å²) >= 11 is 0. The van der Waals surface area contributed by atoms with Gasteiger partial charge in [-0.2, -0.15) is 0 Å². The molecule has 3 aromatic rings. The van der Waals surface area contributed by atoms with Crippen molar-refractivity contribution in [2.75, 3.05) is 7.11 Å². The number of amides is 2. The van der Waals surface area contributed by atoms with Crippen molar-refractivity contribution < 1.29 is 19.4 Å². The van der Waals surface area contributed by atoms with Gasteiger partial charge in [-0.15, -0.1) is 0 Å². The number of ether oxygens (including phenoxy) is 1. The first-order chi connectivity index (χ1) is 15.8. The van der Waals surface area contributed by atoms with Gasteiger partial charge in [-0.25, -0.2) is 0 Å². The number of aromatic amines is 1. The van der Waals surface area contributed by atoms with E-state index in [1.54, 1.807) is 31.4 Å². The fourth-order valence-electron chi connectivity index (χ4n) is 6.67. The third-order valence-electron chi connectivity index (χ3n) is 8.67. The van der Waals surface area contributed by atoms with Crippen molar-refractivity contribution in [2.45, 2.75) is 57.1 Å². The molecule has 1 fully saturated rings. The molecule has 170 valence electrons. The summed E-state index contributed by atoms with van der Waals surface area (Å²) in [5.41, 5.74) is 2.85. The normalized spacial score (nSPS) is 30.8. The number of hydrogen-bond acceptors (Lipinski definition) is 4. The number of carbonyl (C=O) groups excluding carboxylic acids is 2. The lowest BCUT2D eigenvalue weighted by molar-refractivity contribution is -0.142. The van der Waals surface area contributed by atoms with Gasteiger partial charge in [0.25, 0.3) is 11.8 Å². The van der Waals surface area contributed by atoms with E-state index >= 15 is 0 Å². The smallest absolute Gasteiger partial charge is 0.261 e. The van der Waals surface area contributed by atoms with E-state index in [0.29, 0.717) is 24.0 Å². The monoisotopic (exact) mass is 444 g/mol. The lowest BCUT2D eigenvalue weighted by Crippen LogP contribution is -2.61. The van der Waals surface area contributed by atoms with Crippen molar-refractivity contribution in [3.8, 4) is 5.75 Å². The number of H-pyrrole nitrogens is 1. The Morgan fingerprint density at radius 3 is 2.48 bits per heavy atom. The van der Waals surface area contributed by atoms with Crippen LogP contribution in [0.1, 0.15) is 71.0 Å². The topological polar surface area (TPSA) is 82.6 Å². The highest BCUT2D eigenvalue weighted by atomic mass is 16.5. The van der Waals surface area contributed by atoms with Crippen molar-refractivity contribution in [2.24, 2.45) is 5.41 Å². The van der Waals surface area contributed by atoms with Crippen LogP contribution in [0.15, 0.2) is 42.5 Å². The van der Waals surface area contributed by atoms with Crippen LogP contribution >= 0.6 is 0 Å². The second-order valence-electron chi connectivity index (χ2n) is 10.2. The number of aromatic nitrogens is 1. The molecule has 1 aromatic heterocycles. The van der Waals surface area contributed by atoms with Crippen LogP contribution in [0.25, 0.3) is 10.9 Å². The molecule has 2 aliphatic carbocycles. The van der Waals surface area contributed by atoms with E-state index in [2.05, 4.69) is 24.9 Å². The Bertz CT molecular complexity index is 1290. The summed E-state index contributed by atoms with van der Waals surface area (Å²) in [6, 6.07) is 12.7. The Labute approximate surface area is 192 Å². The minimum Gasteiger partial charge on any atom is -0.497 e. The number of imide groups is 1. The molecule has 2 unspecified atom stereocenters. The molecule has 2 amide bonds. The minimum atomic E-state index is -1.04. The lowest BCUT2D eigenvalue weighted by atomic mass is 9.52. The van der Waals surface area contributed by atoms with Crippen LogP contribution in [0.4, 0.5) is 0 Å². The largest absolute Gasteiger partial charge is 0.497 e. The predicted octanol–water partition coefficient (Wildman–Crippen LogP) is 4.42. The van der Waals surface area contributed by atoms with E-state index in [4.69, 9.17) is 4.74 Å². The summed E-state index contributed by atoms with van der Waals surface area (Å²) in [5, 5.41) is 13.4. The summed E-state index contributed by atoms with van der Waals surface area (Å²) in [4.78, 5) is 31.2. The van der Waals surface area contributed by atoms with Gasteiger partial charge in [0.05, 0.1) is 23.8 Å². The first kappa shape index (κ1) is 20.5. The molecule has 1 aliphatic heterocycles. The Balaban J connectivity index is 1.39. The van der Waals surface area contributed by atoms with Gasteiger partial charge in [0.2, 0.25) is 0 Å². The van der Waals surface area contributed by atoms with Crippen molar-refractivity contribution in [3.63, 3.8) is 0 Å². The molecule has 33 heavy (non-hydrogen) atoms. The molecule has 0 bridgehead atoms. The maximum Gasteiger partial charge on any atom is 0.261 e. The van der Waals surface area contributed by atoms with E-state index in [9.17, 15) is 14.7 Å². The molecule has 0 saturated heterocycles. The maximum atomic E-state index is 13.1. The van der Waals surface area contributed by atoms with Gasteiger partial charge in [-0.05, 0) is 61.6 Å². The Morgan fingerprint density at radius 2 is 1.82 bits per heavy atom. The van der Waals surface area contributed by atoms with Gasteiger partial charge >= 0.3 is 0 Å². The molecule has 2 aromatic carbocycles. The van der Waals surface area contributed by atoms with E-state index in [1.807, 2.05) is 12.1 Å². The van der Waals surface area contributed by atoms with Crippen LogP contribution < -0.4 is 4.74 Å². The van der Waals surface area contributed by atoms with Crippen molar-refractivity contribution >= 4 is 22.7 Å². The van der Waals surface area contributed by atoms with Crippen LogP contribution in [0, 0.1) is 5.41 Å². The standard InChI is InChI=1S/C27H28N2O4/c1-15-23-21(20-12-17(33-3)8-9-22(20)28-23)14-26(2)11-10-16(13-27(15,26)32)29-24(30)18-6-4-5-7-19(18)25(29)31/h4-9,12,15-16,28,32H,10-11,13-14H2,1-3H3/t15?,16?,26-,27-/m1/s1. The fourth-order valence-corrected chi connectivity index (χ4v) is 6.67. The summed E-state index contributed by atoms with van der Waals surface area (Å²) in [6.45, 7) is 4.22. The van der Waals surface area contributed by atoms with E-state index in [1.165, 1.54) is 10.5 Å². The molecule has 2 N–H and O–H groups in total. The number of hydrogen-bond donors (Lipinski definition) is 2. The number of carbonyl (C=O) groups is 2. The SMILES string of the molecule is COc1ccc2[nH]c3c(c2c1)C[C@@]1(C)CCC(N2C(=O)c4ccccc4C2=O)C[C@@]1(O)C3C. The average Bonchev–Trinajstić information content (AvgIpc) is 3.29. The van der Waals surface area contributed by atoms with Gasteiger partial charge in [0.1, 0.15) is 5.75 Å². The summed E-state index contributed by atoms with van der Waals surface area (Å²) in [6.07, 6.45) is 2.56. The van der Waals surface area contributed by atoms with Crippen LogP contribution in [-0.2, 0) is 6.42 Å². The molecular formula is C27H28N2O4. The maximum absolute atomic E-state index is 13.1. The summed E-state index contributed by atoms with van der Waals surface area (Å²) < 4.78 is 5.45. The van der Waals surface area contributed by atoms with Gasteiger partial charge in [-0.3, -0.25) is 14.5 Å². The highest BCUT2D eigenvalue weighted by Gasteiger charge is 2.59. The van der Waals surface area contributed by atoms with Crippen LogP contribution in [0.3, 0.4) is 0 Å². The zero-order valence-electron chi connectivity index (χ0n) is 19.1. The average molecular weight is 445 g/mol. The molecule has 1 saturated carbocycles. The summed E-state index contributed by atoms with van der Waals surface area (Å²) in [5.74, 6) is 0.171. The minimum absolute atomic E-state index is 0.164. The second-order valence-corrected chi connectivity index (χ2v) is 10.2. The van der Waals surface area contributed by atoms with Gasteiger partial charge in [0.15, 0.2) is 0 Å². The number of nitrogens with zero attached hydrogens (tertiary/aromatic N) is 1. The molecule has 4 atom stereocenters. The van der Waals surface area contributed by atoms with E-state index in [0.717, 1.165) is 35.2 Å². The first-order valence-electron chi connectivity index (χ1n) is 11.7. The number of nitrogens with one attached hydrogen (secondary N) is 1. The van der Waals surface area contributed by atoms with Crippen molar-refractivity contribution in [1.82, 2.24) is 9.88 Å².